The lowest BCUT2D eigenvalue weighted by Gasteiger charge is -2.20. The SMILES string of the molecule is COc1cc(Br)c(F)c(C2(CC(=O)O)CC2)c1OC. The first-order valence-corrected chi connectivity index (χ1v) is 6.57. The van der Waals surface area contributed by atoms with E-state index in [-0.39, 0.29) is 16.6 Å². The van der Waals surface area contributed by atoms with Crippen molar-refractivity contribution in [3.05, 3.63) is 21.9 Å². The van der Waals surface area contributed by atoms with Crippen molar-refractivity contribution < 1.29 is 23.8 Å². The minimum Gasteiger partial charge on any atom is -0.493 e. The summed E-state index contributed by atoms with van der Waals surface area (Å²) < 4.78 is 25.0. The van der Waals surface area contributed by atoms with Crippen LogP contribution in [0.2, 0.25) is 0 Å². The van der Waals surface area contributed by atoms with Gasteiger partial charge >= 0.3 is 5.97 Å². The van der Waals surface area contributed by atoms with Gasteiger partial charge in [0.1, 0.15) is 5.82 Å². The second-order valence-electron chi connectivity index (χ2n) is 4.63. The molecule has 0 bridgehead atoms. The zero-order valence-corrected chi connectivity index (χ0v) is 12.2. The van der Waals surface area contributed by atoms with Gasteiger partial charge in [-0.05, 0) is 28.8 Å². The molecule has 0 radical (unpaired) electrons. The van der Waals surface area contributed by atoms with Gasteiger partial charge in [-0.3, -0.25) is 4.79 Å². The molecule has 1 fully saturated rings. The van der Waals surface area contributed by atoms with Gasteiger partial charge < -0.3 is 14.6 Å². The van der Waals surface area contributed by atoms with E-state index >= 15 is 0 Å². The van der Waals surface area contributed by atoms with Crippen LogP contribution in [0.25, 0.3) is 0 Å². The molecule has 1 aliphatic rings. The van der Waals surface area contributed by atoms with Gasteiger partial charge in [0.15, 0.2) is 11.5 Å². The normalized spacial score (nSPS) is 16.0. The van der Waals surface area contributed by atoms with Gasteiger partial charge in [-0.15, -0.1) is 0 Å². The molecule has 0 aliphatic heterocycles. The Morgan fingerprint density at radius 1 is 1.47 bits per heavy atom. The fourth-order valence-electron chi connectivity index (χ4n) is 2.37. The van der Waals surface area contributed by atoms with Crippen LogP contribution in [-0.2, 0) is 10.2 Å². The highest BCUT2D eigenvalue weighted by molar-refractivity contribution is 9.10. The Labute approximate surface area is 118 Å². The van der Waals surface area contributed by atoms with Crippen LogP contribution >= 0.6 is 15.9 Å². The van der Waals surface area contributed by atoms with Crippen molar-refractivity contribution in [3.63, 3.8) is 0 Å². The molecule has 1 saturated carbocycles. The minimum absolute atomic E-state index is 0.111. The molecule has 0 spiro atoms. The molecule has 0 aromatic heterocycles. The summed E-state index contributed by atoms with van der Waals surface area (Å²) in [5.41, 5.74) is -0.387. The van der Waals surface area contributed by atoms with Crippen LogP contribution in [0.1, 0.15) is 24.8 Å². The lowest BCUT2D eigenvalue weighted by molar-refractivity contribution is -0.137. The average molecular weight is 333 g/mol. The van der Waals surface area contributed by atoms with Crippen LogP contribution < -0.4 is 9.47 Å². The highest BCUT2D eigenvalue weighted by Crippen LogP contribution is 2.57. The van der Waals surface area contributed by atoms with Crippen molar-refractivity contribution in [3.8, 4) is 11.5 Å². The summed E-state index contributed by atoms with van der Waals surface area (Å²) in [6, 6.07) is 1.48. The van der Waals surface area contributed by atoms with E-state index in [1.165, 1.54) is 20.3 Å². The Morgan fingerprint density at radius 3 is 2.53 bits per heavy atom. The highest BCUT2D eigenvalue weighted by Gasteiger charge is 2.50. The summed E-state index contributed by atoms with van der Waals surface area (Å²) in [6.45, 7) is 0. The predicted molar refractivity (Wildman–Crippen MR) is 70.4 cm³/mol. The number of hydrogen-bond acceptors (Lipinski definition) is 3. The van der Waals surface area contributed by atoms with Crippen LogP contribution in [0.4, 0.5) is 4.39 Å². The Balaban J connectivity index is 2.61. The Bertz CT molecular complexity index is 526. The molecule has 0 saturated heterocycles. The van der Waals surface area contributed by atoms with Crippen LogP contribution in [0, 0.1) is 5.82 Å². The Hall–Kier alpha value is -1.30. The summed E-state index contributed by atoms with van der Waals surface area (Å²) in [5, 5.41) is 8.99. The molecule has 19 heavy (non-hydrogen) atoms. The molecule has 1 aromatic rings. The molecule has 1 aromatic carbocycles. The summed E-state index contributed by atoms with van der Waals surface area (Å²) in [7, 11) is 2.88. The molecule has 0 unspecified atom stereocenters. The number of carbonyl (C=O) groups is 1. The molecule has 1 aliphatic carbocycles. The smallest absolute Gasteiger partial charge is 0.304 e. The van der Waals surface area contributed by atoms with E-state index in [4.69, 9.17) is 14.6 Å². The molecule has 2 rings (SSSR count). The fraction of sp³-hybridized carbons (Fsp3) is 0.462. The van der Waals surface area contributed by atoms with Crippen molar-refractivity contribution in [2.45, 2.75) is 24.7 Å². The summed E-state index contributed by atoms with van der Waals surface area (Å²) in [4.78, 5) is 11.0. The van der Waals surface area contributed by atoms with Crippen molar-refractivity contribution in [1.29, 1.82) is 0 Å². The van der Waals surface area contributed by atoms with Gasteiger partial charge in [0.2, 0.25) is 0 Å². The maximum Gasteiger partial charge on any atom is 0.304 e. The molecule has 0 amide bonds. The highest BCUT2D eigenvalue weighted by atomic mass is 79.9. The average Bonchev–Trinajstić information content (AvgIpc) is 3.11. The summed E-state index contributed by atoms with van der Waals surface area (Å²) >= 11 is 3.13. The van der Waals surface area contributed by atoms with Crippen molar-refractivity contribution in [1.82, 2.24) is 0 Å². The van der Waals surface area contributed by atoms with Crippen LogP contribution in [0.3, 0.4) is 0 Å². The van der Waals surface area contributed by atoms with E-state index in [0.717, 1.165) is 0 Å². The monoisotopic (exact) mass is 332 g/mol. The van der Waals surface area contributed by atoms with Crippen molar-refractivity contribution in [2.75, 3.05) is 14.2 Å². The van der Waals surface area contributed by atoms with Gasteiger partial charge in [-0.2, -0.15) is 0 Å². The molecular weight excluding hydrogens is 319 g/mol. The number of benzene rings is 1. The number of hydrogen-bond donors (Lipinski definition) is 1. The zero-order valence-electron chi connectivity index (χ0n) is 10.6. The summed E-state index contributed by atoms with van der Waals surface area (Å²) in [5.74, 6) is -0.751. The molecule has 0 heterocycles. The summed E-state index contributed by atoms with van der Waals surface area (Å²) in [6.07, 6.45) is 1.15. The number of methoxy groups -OCH3 is 2. The second-order valence-corrected chi connectivity index (χ2v) is 5.49. The van der Waals surface area contributed by atoms with Crippen LogP contribution in [-0.4, -0.2) is 25.3 Å². The first-order chi connectivity index (χ1) is 8.95. The predicted octanol–water partition coefficient (Wildman–Crippen LogP) is 3.11. The molecule has 4 nitrogen and oxygen atoms in total. The van der Waals surface area contributed by atoms with Gasteiger partial charge in [0, 0.05) is 17.0 Å². The first-order valence-electron chi connectivity index (χ1n) is 5.77. The largest absolute Gasteiger partial charge is 0.493 e. The standard InChI is InChI=1S/C13H14BrFO4/c1-18-8-5-7(14)11(15)10(12(8)19-2)13(3-4-13)6-9(16)17/h5H,3-4,6H2,1-2H3,(H,16,17). The molecule has 104 valence electrons. The number of aliphatic carboxylic acids is 1. The maximum absolute atomic E-state index is 14.4. The number of carboxylic acids is 1. The van der Waals surface area contributed by atoms with E-state index in [1.807, 2.05) is 0 Å². The number of rotatable bonds is 5. The van der Waals surface area contributed by atoms with E-state index in [0.29, 0.717) is 24.2 Å². The third-order valence-electron chi connectivity index (χ3n) is 3.44. The molecule has 0 atom stereocenters. The molecular formula is C13H14BrFO4. The van der Waals surface area contributed by atoms with Gasteiger partial charge in [0.25, 0.3) is 0 Å². The topological polar surface area (TPSA) is 55.8 Å². The third-order valence-corrected chi connectivity index (χ3v) is 4.01. The van der Waals surface area contributed by atoms with Gasteiger partial charge in [0.05, 0.1) is 25.1 Å². The fourth-order valence-corrected chi connectivity index (χ4v) is 2.78. The van der Waals surface area contributed by atoms with Crippen LogP contribution in [0.15, 0.2) is 10.5 Å². The first kappa shape index (κ1) is 14.1. The lowest BCUT2D eigenvalue weighted by Crippen LogP contribution is -2.17. The third kappa shape index (κ3) is 2.41. The Kier molecular flexibility index (Phi) is 3.71. The molecule has 1 N–H and O–H groups in total. The van der Waals surface area contributed by atoms with E-state index in [9.17, 15) is 9.18 Å². The Morgan fingerprint density at radius 2 is 2.11 bits per heavy atom. The second kappa shape index (κ2) is 5.00. The van der Waals surface area contributed by atoms with Crippen molar-refractivity contribution in [2.24, 2.45) is 0 Å². The quantitative estimate of drug-likeness (QED) is 0.900. The van der Waals surface area contributed by atoms with Gasteiger partial charge in [-0.1, -0.05) is 0 Å². The van der Waals surface area contributed by atoms with E-state index < -0.39 is 17.2 Å². The maximum atomic E-state index is 14.4. The van der Waals surface area contributed by atoms with E-state index in [2.05, 4.69) is 15.9 Å². The van der Waals surface area contributed by atoms with Gasteiger partial charge in [-0.25, -0.2) is 4.39 Å². The minimum atomic E-state index is -0.946. The number of ether oxygens (including phenoxy) is 2. The number of carboxylic acid groups (broad SMARTS) is 1. The van der Waals surface area contributed by atoms with Crippen LogP contribution in [0.5, 0.6) is 11.5 Å². The number of halogens is 2. The zero-order chi connectivity index (χ0) is 14.2. The van der Waals surface area contributed by atoms with Crippen molar-refractivity contribution >= 4 is 21.9 Å². The lowest BCUT2D eigenvalue weighted by atomic mass is 9.90. The molecule has 6 heteroatoms. The van der Waals surface area contributed by atoms with E-state index in [1.54, 1.807) is 0 Å².